The number of halogens is 6. The van der Waals surface area contributed by atoms with Crippen molar-refractivity contribution in [3.8, 4) is 16.9 Å². The average molecular weight is 611 g/mol. The van der Waals surface area contributed by atoms with Gasteiger partial charge in [-0.05, 0) is 37.3 Å². The van der Waals surface area contributed by atoms with Gasteiger partial charge in [0.05, 0.1) is 17.6 Å². The van der Waals surface area contributed by atoms with E-state index in [-0.39, 0.29) is 0 Å². The number of nitrogens with zero attached hydrogens (tertiary/aromatic N) is 8. The molecule has 0 bridgehead atoms. The summed E-state index contributed by atoms with van der Waals surface area (Å²) < 4.78 is 67.0. The van der Waals surface area contributed by atoms with Gasteiger partial charge in [0.15, 0.2) is 0 Å². The Bertz CT molecular complexity index is 1690. The predicted molar refractivity (Wildman–Crippen MR) is 136 cm³/mol. The van der Waals surface area contributed by atoms with Gasteiger partial charge in [-0.1, -0.05) is 0 Å². The Morgan fingerprint density at radius 2 is 1.49 bits per heavy atom. The lowest BCUT2D eigenvalue weighted by atomic mass is 10.1. The number of anilines is 2. The van der Waals surface area contributed by atoms with Gasteiger partial charge in [0, 0.05) is 42.3 Å². The van der Waals surface area contributed by atoms with Gasteiger partial charge in [-0.2, -0.15) is 36.5 Å². The average Bonchev–Trinajstić information content (AvgIpc) is 3.56. The van der Waals surface area contributed by atoms with Gasteiger partial charge in [-0.15, -0.1) is 0 Å². The van der Waals surface area contributed by atoms with Crippen LogP contribution in [0.5, 0.6) is 0 Å². The highest BCUT2D eigenvalue weighted by molar-refractivity contribution is 5.91. The number of aromatic nitrogens is 8. The van der Waals surface area contributed by atoms with Crippen LogP contribution in [0.25, 0.3) is 27.8 Å². The summed E-state index contributed by atoms with van der Waals surface area (Å²) in [6.07, 6.45) is -1.23. The molecule has 0 atom stereocenters. The molecule has 1 aromatic carbocycles. The van der Waals surface area contributed by atoms with E-state index < -0.39 is 24.3 Å². The molecule has 0 amide bonds. The maximum Gasteiger partial charge on any atom is 0.490 e. The van der Waals surface area contributed by atoms with Gasteiger partial charge in [0.1, 0.15) is 17.7 Å². The van der Waals surface area contributed by atoms with Gasteiger partial charge in [-0.25, -0.2) is 29.2 Å². The number of nitrogens with one attached hydrogen (secondary N) is 1. The third kappa shape index (κ3) is 8.93. The summed E-state index contributed by atoms with van der Waals surface area (Å²) in [6.45, 7) is 1.86. The maximum absolute atomic E-state index is 10.6. The molecule has 226 valence electrons. The van der Waals surface area contributed by atoms with Crippen molar-refractivity contribution in [2.75, 3.05) is 5.32 Å². The maximum atomic E-state index is 10.6. The fraction of sp³-hybridized carbons (Fsp3) is 0.167. The lowest BCUT2D eigenvalue weighted by Gasteiger charge is -2.08. The third-order valence-corrected chi connectivity index (χ3v) is 4.96. The summed E-state index contributed by atoms with van der Waals surface area (Å²) >= 11 is 0. The minimum Gasteiger partial charge on any atom is -0.475 e. The van der Waals surface area contributed by atoms with Crippen LogP contribution in [0, 0.1) is 6.92 Å². The Hall–Kier alpha value is -5.62. The first-order valence-corrected chi connectivity index (χ1v) is 11.5. The Morgan fingerprint density at radius 1 is 0.884 bits per heavy atom. The zero-order chi connectivity index (χ0) is 31.9. The largest absolute Gasteiger partial charge is 0.490 e. The van der Waals surface area contributed by atoms with Crippen molar-refractivity contribution in [3.63, 3.8) is 0 Å². The smallest absolute Gasteiger partial charge is 0.475 e. The number of hydrogen-bond donors (Lipinski definition) is 3. The molecule has 0 unspecified atom stereocenters. The van der Waals surface area contributed by atoms with Crippen LogP contribution in [0.4, 0.5) is 38.0 Å². The van der Waals surface area contributed by atoms with Crippen LogP contribution in [-0.2, 0) is 16.6 Å². The summed E-state index contributed by atoms with van der Waals surface area (Å²) in [7, 11) is 1.88. The minimum absolute atomic E-state index is 0.500. The van der Waals surface area contributed by atoms with E-state index in [1.807, 2.05) is 50.5 Å². The normalized spacial score (nSPS) is 11.2. The molecule has 0 fully saturated rings. The van der Waals surface area contributed by atoms with Crippen LogP contribution in [-0.4, -0.2) is 74.0 Å². The van der Waals surface area contributed by atoms with Crippen molar-refractivity contribution in [2.24, 2.45) is 7.05 Å². The van der Waals surface area contributed by atoms with E-state index >= 15 is 0 Å². The number of aryl methyl sites for hydroxylation is 2. The van der Waals surface area contributed by atoms with Crippen LogP contribution in [0.2, 0.25) is 0 Å². The summed E-state index contributed by atoms with van der Waals surface area (Å²) in [5, 5.41) is 27.0. The number of rotatable bonds is 4. The first-order chi connectivity index (χ1) is 20.0. The Kier molecular flexibility index (Phi) is 9.58. The highest BCUT2D eigenvalue weighted by atomic mass is 19.4. The number of alkyl halides is 6. The first kappa shape index (κ1) is 31.9. The summed E-state index contributed by atoms with van der Waals surface area (Å²) in [4.78, 5) is 35.6. The van der Waals surface area contributed by atoms with E-state index in [1.165, 1.54) is 0 Å². The SMILES string of the molecule is Cc1ncn(-c2ccc(Nc3ncc4ccnc(-c5cnn(C)c5)c4n3)cc2)n1.O=C(O)C(F)(F)F.O=C(O)C(F)(F)F. The molecule has 0 aliphatic rings. The number of pyridine rings is 1. The first-order valence-electron chi connectivity index (χ1n) is 11.5. The van der Waals surface area contributed by atoms with Crippen LogP contribution in [0.15, 0.2) is 61.4 Å². The fourth-order valence-electron chi connectivity index (χ4n) is 3.07. The molecule has 0 aliphatic carbocycles. The molecule has 3 N–H and O–H groups in total. The Balaban J connectivity index is 0.000000303. The summed E-state index contributed by atoms with van der Waals surface area (Å²) in [5.41, 5.74) is 4.26. The van der Waals surface area contributed by atoms with Crippen molar-refractivity contribution in [1.29, 1.82) is 0 Å². The molecule has 4 heterocycles. The molecule has 43 heavy (non-hydrogen) atoms. The second kappa shape index (κ2) is 12.9. The molecule has 0 aliphatic heterocycles. The van der Waals surface area contributed by atoms with Gasteiger partial charge in [0.2, 0.25) is 5.95 Å². The topological polar surface area (TPSA) is 174 Å². The monoisotopic (exact) mass is 611 g/mol. The highest BCUT2D eigenvalue weighted by Crippen LogP contribution is 2.26. The Labute approximate surface area is 236 Å². The third-order valence-electron chi connectivity index (χ3n) is 4.96. The van der Waals surface area contributed by atoms with Crippen molar-refractivity contribution in [3.05, 3.63) is 67.3 Å². The number of carboxylic acid groups (broad SMARTS) is 2. The van der Waals surface area contributed by atoms with Crippen molar-refractivity contribution in [1.82, 2.24) is 39.5 Å². The number of fused-ring (bicyclic) bond motifs is 1. The second-order valence-corrected chi connectivity index (χ2v) is 8.21. The second-order valence-electron chi connectivity index (χ2n) is 8.21. The van der Waals surface area contributed by atoms with Crippen LogP contribution >= 0.6 is 0 Å². The number of carboxylic acids is 2. The molecule has 5 aromatic rings. The highest BCUT2D eigenvalue weighted by Gasteiger charge is 2.38. The van der Waals surface area contributed by atoms with Crippen molar-refractivity contribution in [2.45, 2.75) is 19.3 Å². The minimum atomic E-state index is -5.08. The zero-order valence-corrected chi connectivity index (χ0v) is 21.8. The lowest BCUT2D eigenvalue weighted by Crippen LogP contribution is -2.21. The summed E-state index contributed by atoms with van der Waals surface area (Å²) in [5.74, 6) is -4.28. The zero-order valence-electron chi connectivity index (χ0n) is 21.8. The number of carbonyl (C=O) groups is 2. The molecular formula is C24H19F6N9O4. The van der Waals surface area contributed by atoms with Gasteiger partial charge in [-0.3, -0.25) is 9.67 Å². The van der Waals surface area contributed by atoms with E-state index in [4.69, 9.17) is 24.8 Å². The Morgan fingerprint density at radius 3 is 1.98 bits per heavy atom. The molecule has 0 saturated carbocycles. The van der Waals surface area contributed by atoms with Gasteiger partial charge in [0.25, 0.3) is 0 Å². The molecule has 0 radical (unpaired) electrons. The van der Waals surface area contributed by atoms with E-state index in [9.17, 15) is 26.3 Å². The predicted octanol–water partition coefficient (Wildman–Crippen LogP) is 4.32. The number of benzene rings is 1. The molecule has 0 spiro atoms. The van der Waals surface area contributed by atoms with E-state index in [0.717, 1.165) is 39.4 Å². The summed E-state index contributed by atoms with van der Waals surface area (Å²) in [6, 6.07) is 9.71. The van der Waals surface area contributed by atoms with Crippen molar-refractivity contribution >= 4 is 34.5 Å². The van der Waals surface area contributed by atoms with Crippen LogP contribution < -0.4 is 5.32 Å². The van der Waals surface area contributed by atoms with Crippen LogP contribution in [0.3, 0.4) is 0 Å². The lowest BCUT2D eigenvalue weighted by molar-refractivity contribution is -0.193. The molecule has 5 rings (SSSR count). The van der Waals surface area contributed by atoms with Crippen LogP contribution in [0.1, 0.15) is 5.82 Å². The van der Waals surface area contributed by atoms with E-state index in [2.05, 4.69) is 30.5 Å². The standard InChI is InChI=1S/C20H17N9.2C2HF3O2/c1-13-23-12-29(27-13)17-5-3-16(4-6-17)25-20-22-9-14-7-8-21-18(19(14)26-20)15-10-24-28(2)11-15;2*3-2(4,5)1(6)7/h3-12H,1-2H3,(H,22,25,26);2*(H,6,7). The van der Waals surface area contributed by atoms with E-state index in [0.29, 0.717) is 5.95 Å². The van der Waals surface area contributed by atoms with Gasteiger partial charge < -0.3 is 15.5 Å². The van der Waals surface area contributed by atoms with E-state index in [1.54, 1.807) is 34.3 Å². The van der Waals surface area contributed by atoms with Crippen molar-refractivity contribution < 1.29 is 46.1 Å². The molecule has 0 saturated heterocycles. The molecular weight excluding hydrogens is 592 g/mol. The van der Waals surface area contributed by atoms with Gasteiger partial charge >= 0.3 is 24.3 Å². The quantitative estimate of drug-likeness (QED) is 0.247. The fourth-order valence-corrected chi connectivity index (χ4v) is 3.07. The number of hydrogen-bond acceptors (Lipinski definition) is 9. The molecule has 13 nitrogen and oxygen atoms in total. The number of aliphatic carboxylic acids is 2. The molecule has 4 aromatic heterocycles. The molecule has 19 heteroatoms.